The molecule has 0 bridgehead atoms. The number of carbonyl (C=O) groups is 1. The van der Waals surface area contributed by atoms with E-state index >= 15 is 0 Å². The molecule has 3 atom stereocenters. The summed E-state index contributed by atoms with van der Waals surface area (Å²) in [6, 6.07) is 20.6. The van der Waals surface area contributed by atoms with Crippen molar-refractivity contribution in [2.75, 3.05) is 13.7 Å². The highest BCUT2D eigenvalue weighted by Gasteiger charge is 2.50. The number of hydrogen-bond acceptors (Lipinski definition) is 5. The van der Waals surface area contributed by atoms with E-state index in [1.807, 2.05) is 24.3 Å². The summed E-state index contributed by atoms with van der Waals surface area (Å²) >= 11 is 0. The second-order valence-corrected chi connectivity index (χ2v) is 13.2. The highest BCUT2D eigenvalue weighted by Crippen LogP contribution is 2.37. The maximum atomic E-state index is 11.7. The Hall–Kier alpha value is -2.25. The van der Waals surface area contributed by atoms with Crippen LogP contribution in [0.1, 0.15) is 27.2 Å². The number of benzene rings is 2. The third-order valence-corrected chi connectivity index (χ3v) is 10.8. The zero-order valence-corrected chi connectivity index (χ0v) is 19.8. The molecule has 6 heteroatoms. The third kappa shape index (κ3) is 5.15. The molecular weight excluding hydrogens is 406 g/mol. The van der Waals surface area contributed by atoms with Gasteiger partial charge in [0.2, 0.25) is 0 Å². The molecule has 0 aromatic heterocycles. The normalized spacial score (nSPS) is 21.6. The zero-order valence-electron chi connectivity index (χ0n) is 18.8. The molecule has 0 saturated carbocycles. The van der Waals surface area contributed by atoms with E-state index in [1.54, 1.807) is 0 Å². The highest BCUT2D eigenvalue weighted by molar-refractivity contribution is 6.99. The predicted molar refractivity (Wildman–Crippen MR) is 126 cm³/mol. The lowest BCUT2D eigenvalue weighted by molar-refractivity contribution is -0.144. The molecule has 0 saturated heterocycles. The van der Waals surface area contributed by atoms with Crippen molar-refractivity contribution in [3.8, 4) is 0 Å². The SMILES string of the molecule is COC(=O)C[C@H]1C=C[C@H](N)[C@H](CO[Si](c2ccccc2)(c2ccccc2)C(C)(C)C)O1. The molecule has 166 valence electrons. The molecule has 1 heterocycles. The van der Waals surface area contributed by atoms with Crippen LogP contribution in [0.3, 0.4) is 0 Å². The molecule has 5 nitrogen and oxygen atoms in total. The Bertz CT molecular complexity index is 840. The maximum Gasteiger partial charge on any atom is 0.308 e. The molecular formula is C25H33NO4Si. The molecule has 1 aliphatic rings. The van der Waals surface area contributed by atoms with Gasteiger partial charge in [-0.25, -0.2) is 0 Å². The van der Waals surface area contributed by atoms with Crippen LogP contribution < -0.4 is 16.1 Å². The maximum absolute atomic E-state index is 11.7. The van der Waals surface area contributed by atoms with Crippen molar-refractivity contribution in [1.29, 1.82) is 0 Å². The van der Waals surface area contributed by atoms with E-state index in [0.717, 1.165) is 0 Å². The minimum Gasteiger partial charge on any atom is -0.469 e. The average molecular weight is 440 g/mol. The van der Waals surface area contributed by atoms with Gasteiger partial charge in [-0.15, -0.1) is 0 Å². The Labute approximate surface area is 186 Å². The lowest BCUT2D eigenvalue weighted by Gasteiger charge is -2.44. The van der Waals surface area contributed by atoms with Crippen molar-refractivity contribution in [2.45, 2.75) is 50.5 Å². The summed E-state index contributed by atoms with van der Waals surface area (Å²) in [6.45, 7) is 7.05. The summed E-state index contributed by atoms with van der Waals surface area (Å²) in [5, 5.41) is 2.29. The van der Waals surface area contributed by atoms with Crippen LogP contribution in [-0.2, 0) is 18.7 Å². The van der Waals surface area contributed by atoms with E-state index in [9.17, 15) is 4.79 Å². The fourth-order valence-electron chi connectivity index (χ4n) is 4.22. The summed E-state index contributed by atoms with van der Waals surface area (Å²) in [5.74, 6) is -0.309. The van der Waals surface area contributed by atoms with Gasteiger partial charge in [-0.1, -0.05) is 93.6 Å². The summed E-state index contributed by atoms with van der Waals surface area (Å²) in [4.78, 5) is 11.7. The summed E-state index contributed by atoms with van der Waals surface area (Å²) in [5.41, 5.74) is 6.33. The Morgan fingerprint density at radius 3 is 2.03 bits per heavy atom. The second-order valence-electron chi connectivity index (χ2n) is 8.93. The molecule has 0 fully saturated rings. The standard InChI is InChI=1S/C25H33NO4Si/c1-25(2,3)31(20-11-7-5-8-12-20,21-13-9-6-10-14-21)29-18-23-22(26)16-15-19(30-23)17-24(27)28-4/h5-16,19,22-23H,17-18,26H2,1-4H3/t19-,22+,23+/m1/s1. The molecule has 0 radical (unpaired) electrons. The predicted octanol–water partition coefficient (Wildman–Crippen LogP) is 2.78. The minimum atomic E-state index is -2.68. The minimum absolute atomic E-state index is 0.129. The van der Waals surface area contributed by atoms with Gasteiger partial charge in [0.15, 0.2) is 0 Å². The number of ether oxygens (including phenoxy) is 2. The Balaban J connectivity index is 1.93. The monoisotopic (exact) mass is 439 g/mol. The van der Waals surface area contributed by atoms with Crippen LogP contribution in [0.2, 0.25) is 5.04 Å². The lowest BCUT2D eigenvalue weighted by atomic mass is 10.1. The van der Waals surface area contributed by atoms with Gasteiger partial charge in [0.1, 0.15) is 0 Å². The molecule has 2 N–H and O–H groups in total. The second kappa shape index (κ2) is 9.91. The molecule has 0 aliphatic carbocycles. The first-order valence-corrected chi connectivity index (χ1v) is 12.6. The lowest BCUT2D eigenvalue weighted by Crippen LogP contribution is -2.67. The number of nitrogens with two attached hydrogens (primary N) is 1. The van der Waals surface area contributed by atoms with Gasteiger partial charge in [0.25, 0.3) is 8.32 Å². The largest absolute Gasteiger partial charge is 0.469 e. The van der Waals surface area contributed by atoms with Gasteiger partial charge in [-0.05, 0) is 15.4 Å². The molecule has 3 rings (SSSR count). The van der Waals surface area contributed by atoms with Crippen LogP contribution in [0.4, 0.5) is 0 Å². The molecule has 0 amide bonds. The summed E-state index contributed by atoms with van der Waals surface area (Å²) < 4.78 is 17.9. The number of hydrogen-bond donors (Lipinski definition) is 1. The number of carbonyl (C=O) groups excluding carboxylic acids is 1. The van der Waals surface area contributed by atoms with Crippen LogP contribution in [0.5, 0.6) is 0 Å². The van der Waals surface area contributed by atoms with Crippen LogP contribution >= 0.6 is 0 Å². The van der Waals surface area contributed by atoms with Crippen molar-refractivity contribution < 1.29 is 18.7 Å². The van der Waals surface area contributed by atoms with Crippen molar-refractivity contribution >= 4 is 24.7 Å². The van der Waals surface area contributed by atoms with Crippen LogP contribution in [0.25, 0.3) is 0 Å². The fraction of sp³-hybridized carbons (Fsp3) is 0.400. The summed E-state index contributed by atoms with van der Waals surface area (Å²) in [6.07, 6.45) is 3.19. The Kier molecular flexibility index (Phi) is 7.49. The quantitative estimate of drug-likeness (QED) is 0.408. The number of esters is 1. The molecule has 0 spiro atoms. The van der Waals surface area contributed by atoms with Gasteiger partial charge in [-0.3, -0.25) is 4.79 Å². The van der Waals surface area contributed by atoms with E-state index in [2.05, 4.69) is 69.3 Å². The van der Waals surface area contributed by atoms with Gasteiger partial charge < -0.3 is 19.6 Å². The van der Waals surface area contributed by atoms with E-state index in [1.165, 1.54) is 17.5 Å². The molecule has 31 heavy (non-hydrogen) atoms. The highest BCUT2D eigenvalue weighted by atomic mass is 28.4. The van der Waals surface area contributed by atoms with Crippen LogP contribution in [-0.4, -0.2) is 46.3 Å². The van der Waals surface area contributed by atoms with Crippen molar-refractivity contribution in [3.05, 3.63) is 72.8 Å². The molecule has 1 aliphatic heterocycles. The smallest absolute Gasteiger partial charge is 0.308 e. The average Bonchev–Trinajstić information content (AvgIpc) is 2.76. The first-order valence-electron chi connectivity index (χ1n) is 10.7. The van der Waals surface area contributed by atoms with Gasteiger partial charge in [0.05, 0.1) is 38.4 Å². The first kappa shape index (κ1) is 23.4. The topological polar surface area (TPSA) is 70.8 Å². The van der Waals surface area contributed by atoms with Crippen molar-refractivity contribution in [1.82, 2.24) is 0 Å². The molecule has 0 unspecified atom stereocenters. The third-order valence-electron chi connectivity index (χ3n) is 5.80. The fourth-order valence-corrected chi connectivity index (χ4v) is 8.79. The molecule has 2 aromatic rings. The van der Waals surface area contributed by atoms with Gasteiger partial charge in [-0.2, -0.15) is 0 Å². The van der Waals surface area contributed by atoms with Gasteiger partial charge in [0, 0.05) is 0 Å². The Morgan fingerprint density at radius 1 is 1.00 bits per heavy atom. The van der Waals surface area contributed by atoms with E-state index in [-0.39, 0.29) is 35.7 Å². The first-order chi connectivity index (χ1) is 14.8. The number of methoxy groups -OCH3 is 1. The van der Waals surface area contributed by atoms with E-state index in [0.29, 0.717) is 6.61 Å². The van der Waals surface area contributed by atoms with E-state index in [4.69, 9.17) is 19.6 Å². The van der Waals surface area contributed by atoms with Gasteiger partial charge >= 0.3 is 5.97 Å². The van der Waals surface area contributed by atoms with Crippen LogP contribution in [0.15, 0.2) is 72.8 Å². The van der Waals surface area contributed by atoms with E-state index < -0.39 is 8.32 Å². The molecule has 2 aromatic carbocycles. The van der Waals surface area contributed by atoms with Crippen molar-refractivity contribution in [3.63, 3.8) is 0 Å². The zero-order chi connectivity index (χ0) is 22.5. The van der Waals surface area contributed by atoms with Crippen molar-refractivity contribution in [2.24, 2.45) is 5.73 Å². The Morgan fingerprint density at radius 2 is 1.55 bits per heavy atom. The summed E-state index contributed by atoms with van der Waals surface area (Å²) in [7, 11) is -1.30. The number of rotatable bonds is 7. The van der Waals surface area contributed by atoms with Crippen LogP contribution in [0, 0.1) is 0 Å².